The molecule has 3 nitrogen and oxygen atoms in total. The van der Waals surface area contributed by atoms with E-state index >= 15 is 0 Å². The first-order valence-electron chi connectivity index (χ1n) is 8.56. The molecule has 0 amide bonds. The van der Waals surface area contributed by atoms with Crippen LogP contribution < -0.4 is 0 Å². The van der Waals surface area contributed by atoms with Crippen LogP contribution in [-0.4, -0.2) is 16.2 Å². The molecule has 0 aliphatic carbocycles. The van der Waals surface area contributed by atoms with Crippen LogP contribution in [0.5, 0.6) is 5.75 Å². The van der Waals surface area contributed by atoms with Gasteiger partial charge in [0.15, 0.2) is 0 Å². The Morgan fingerprint density at radius 1 is 1.00 bits per heavy atom. The zero-order valence-corrected chi connectivity index (χ0v) is 14.0. The summed E-state index contributed by atoms with van der Waals surface area (Å²) >= 11 is 0. The van der Waals surface area contributed by atoms with Crippen molar-refractivity contribution in [3.63, 3.8) is 0 Å². The van der Waals surface area contributed by atoms with Gasteiger partial charge in [0, 0.05) is 0 Å². The Bertz CT molecular complexity index is 452. The first-order chi connectivity index (χ1) is 10.5. The highest BCUT2D eigenvalue weighted by molar-refractivity contribution is 5.91. The molecule has 1 aromatic rings. The van der Waals surface area contributed by atoms with E-state index in [0.29, 0.717) is 0 Å². The molecular formula is C19H30O3. The summed E-state index contributed by atoms with van der Waals surface area (Å²) in [5.74, 6) is -0.321. The molecule has 0 heterocycles. The zero-order chi connectivity index (χ0) is 16.4. The van der Waals surface area contributed by atoms with Gasteiger partial charge in [-0.15, -0.1) is 0 Å². The lowest BCUT2D eigenvalue weighted by Gasteiger charge is -2.07. The zero-order valence-electron chi connectivity index (χ0n) is 14.0. The van der Waals surface area contributed by atoms with E-state index in [1.165, 1.54) is 44.6 Å². The van der Waals surface area contributed by atoms with Crippen molar-refractivity contribution in [2.45, 2.75) is 71.6 Å². The molecule has 3 heteroatoms. The number of rotatable bonds is 11. The number of carboxylic acid groups (broad SMARTS) is 1. The minimum absolute atomic E-state index is 0.00246. The maximum Gasteiger partial charge on any atom is 0.339 e. The molecular weight excluding hydrogens is 276 g/mol. The summed E-state index contributed by atoms with van der Waals surface area (Å²) in [6, 6.07) is 4.96. The number of hydrogen-bond acceptors (Lipinski definition) is 2. The van der Waals surface area contributed by atoms with Gasteiger partial charge in [-0.25, -0.2) is 4.79 Å². The van der Waals surface area contributed by atoms with Crippen LogP contribution in [-0.2, 0) is 6.42 Å². The largest absolute Gasteiger partial charge is 0.507 e. The second kappa shape index (κ2) is 10.3. The molecule has 1 rings (SSSR count). The third-order valence-electron chi connectivity index (χ3n) is 4.08. The summed E-state index contributed by atoms with van der Waals surface area (Å²) < 4.78 is 0. The lowest BCUT2D eigenvalue weighted by molar-refractivity contribution is 0.0693. The Labute approximate surface area is 134 Å². The van der Waals surface area contributed by atoms with E-state index in [4.69, 9.17) is 5.11 Å². The van der Waals surface area contributed by atoms with Crippen LogP contribution in [0.4, 0.5) is 0 Å². The summed E-state index contributed by atoms with van der Waals surface area (Å²) in [6.07, 6.45) is 10.7. The van der Waals surface area contributed by atoms with E-state index in [-0.39, 0.29) is 11.3 Å². The smallest absolute Gasteiger partial charge is 0.339 e. The third-order valence-corrected chi connectivity index (χ3v) is 4.08. The molecule has 0 fully saturated rings. The molecule has 124 valence electrons. The van der Waals surface area contributed by atoms with Gasteiger partial charge < -0.3 is 10.2 Å². The lowest BCUT2D eigenvalue weighted by atomic mass is 10.0. The Balaban J connectivity index is 2.15. The number of aromatic carboxylic acids is 1. The van der Waals surface area contributed by atoms with Gasteiger partial charge in [-0.2, -0.15) is 0 Å². The molecule has 0 atom stereocenters. The molecule has 0 saturated carbocycles. The van der Waals surface area contributed by atoms with Crippen molar-refractivity contribution in [2.75, 3.05) is 0 Å². The molecule has 0 aliphatic rings. The Kier molecular flexibility index (Phi) is 8.64. The lowest BCUT2D eigenvalue weighted by Crippen LogP contribution is -1.99. The van der Waals surface area contributed by atoms with Crippen LogP contribution in [0.15, 0.2) is 18.2 Å². The highest BCUT2D eigenvalue weighted by atomic mass is 16.4. The number of carbonyl (C=O) groups is 1. The van der Waals surface area contributed by atoms with Gasteiger partial charge in [0.2, 0.25) is 0 Å². The number of aryl methyl sites for hydroxylation is 1. The van der Waals surface area contributed by atoms with Crippen molar-refractivity contribution in [3.8, 4) is 5.75 Å². The molecule has 0 aromatic heterocycles. The number of phenols is 1. The SMILES string of the molecule is CC(C)CCCCCCCCCc1cccc(C(=O)O)c1O. The highest BCUT2D eigenvalue weighted by Gasteiger charge is 2.12. The monoisotopic (exact) mass is 306 g/mol. The second-order valence-electron chi connectivity index (χ2n) is 6.53. The third kappa shape index (κ3) is 6.97. The first kappa shape index (κ1) is 18.5. The average Bonchev–Trinajstić information content (AvgIpc) is 2.46. The summed E-state index contributed by atoms with van der Waals surface area (Å²) in [6.45, 7) is 4.55. The van der Waals surface area contributed by atoms with Crippen LogP contribution in [0.1, 0.15) is 81.1 Å². The van der Waals surface area contributed by atoms with E-state index in [0.717, 1.165) is 30.7 Å². The van der Waals surface area contributed by atoms with Gasteiger partial charge in [0.05, 0.1) is 0 Å². The van der Waals surface area contributed by atoms with E-state index in [9.17, 15) is 9.90 Å². The minimum Gasteiger partial charge on any atom is -0.507 e. The first-order valence-corrected chi connectivity index (χ1v) is 8.56. The molecule has 22 heavy (non-hydrogen) atoms. The molecule has 0 unspecified atom stereocenters. The Morgan fingerprint density at radius 3 is 2.18 bits per heavy atom. The molecule has 0 aliphatic heterocycles. The van der Waals surface area contributed by atoms with Crippen LogP contribution in [0.3, 0.4) is 0 Å². The van der Waals surface area contributed by atoms with Crippen molar-refractivity contribution in [1.29, 1.82) is 0 Å². The van der Waals surface area contributed by atoms with Gasteiger partial charge in [-0.1, -0.05) is 70.9 Å². The summed E-state index contributed by atoms with van der Waals surface area (Å²) in [5.41, 5.74) is 0.750. The van der Waals surface area contributed by atoms with E-state index in [1.54, 1.807) is 6.07 Å². The van der Waals surface area contributed by atoms with E-state index in [2.05, 4.69) is 13.8 Å². The van der Waals surface area contributed by atoms with Crippen molar-refractivity contribution < 1.29 is 15.0 Å². The predicted molar refractivity (Wildman–Crippen MR) is 90.5 cm³/mol. The standard InChI is InChI=1S/C19H30O3/c1-15(2)11-8-6-4-3-5-7-9-12-16-13-10-14-17(18(16)20)19(21)22/h10,13-15,20H,3-9,11-12H2,1-2H3,(H,21,22). The van der Waals surface area contributed by atoms with Crippen LogP contribution in [0.25, 0.3) is 0 Å². The molecule has 0 spiro atoms. The van der Waals surface area contributed by atoms with Crippen molar-refractivity contribution >= 4 is 5.97 Å². The summed E-state index contributed by atoms with van der Waals surface area (Å²) in [7, 11) is 0. The number of para-hydroxylation sites is 1. The van der Waals surface area contributed by atoms with Crippen LogP contribution in [0, 0.1) is 5.92 Å². The topological polar surface area (TPSA) is 57.5 Å². The number of aromatic hydroxyl groups is 1. The maximum absolute atomic E-state index is 11.0. The van der Waals surface area contributed by atoms with E-state index < -0.39 is 5.97 Å². The quantitative estimate of drug-likeness (QED) is 0.537. The van der Waals surface area contributed by atoms with E-state index in [1.807, 2.05) is 6.07 Å². The van der Waals surface area contributed by atoms with Gasteiger partial charge >= 0.3 is 5.97 Å². The molecule has 1 aromatic carbocycles. The van der Waals surface area contributed by atoms with Crippen molar-refractivity contribution in [2.24, 2.45) is 5.92 Å². The fourth-order valence-electron chi connectivity index (χ4n) is 2.72. The molecule has 2 N–H and O–H groups in total. The second-order valence-corrected chi connectivity index (χ2v) is 6.53. The van der Waals surface area contributed by atoms with Crippen molar-refractivity contribution in [3.05, 3.63) is 29.3 Å². The van der Waals surface area contributed by atoms with Crippen molar-refractivity contribution in [1.82, 2.24) is 0 Å². The normalized spacial score (nSPS) is 11.0. The number of carboxylic acids is 1. The number of hydrogen-bond donors (Lipinski definition) is 2. The molecule has 0 saturated heterocycles. The predicted octanol–water partition coefficient (Wildman–Crippen LogP) is 5.41. The Hall–Kier alpha value is -1.51. The Morgan fingerprint density at radius 2 is 1.59 bits per heavy atom. The number of benzene rings is 1. The van der Waals surface area contributed by atoms with Gasteiger partial charge in [-0.05, 0) is 30.4 Å². The summed E-state index contributed by atoms with van der Waals surface area (Å²) in [5, 5.41) is 18.9. The minimum atomic E-state index is -1.07. The van der Waals surface area contributed by atoms with Gasteiger partial charge in [0.1, 0.15) is 11.3 Å². The van der Waals surface area contributed by atoms with Crippen LogP contribution in [0.2, 0.25) is 0 Å². The average molecular weight is 306 g/mol. The fourth-order valence-corrected chi connectivity index (χ4v) is 2.72. The summed E-state index contributed by atoms with van der Waals surface area (Å²) in [4.78, 5) is 11.0. The maximum atomic E-state index is 11.0. The highest BCUT2D eigenvalue weighted by Crippen LogP contribution is 2.24. The van der Waals surface area contributed by atoms with Gasteiger partial charge in [-0.3, -0.25) is 0 Å². The van der Waals surface area contributed by atoms with Gasteiger partial charge in [0.25, 0.3) is 0 Å². The molecule has 0 radical (unpaired) electrons. The molecule has 0 bridgehead atoms. The number of unbranched alkanes of at least 4 members (excludes halogenated alkanes) is 6. The fraction of sp³-hybridized carbons (Fsp3) is 0.632. The van der Waals surface area contributed by atoms with Crippen LogP contribution >= 0.6 is 0 Å².